The number of carbonyl (C=O) groups is 2. The number of likely N-dealkylation sites (tertiary alicyclic amines) is 1. The summed E-state index contributed by atoms with van der Waals surface area (Å²) in [6.45, 7) is 4.86. The Kier molecular flexibility index (Phi) is 6.55. The molecule has 0 spiro atoms. The van der Waals surface area contributed by atoms with Crippen LogP contribution >= 0.6 is 11.6 Å². The second-order valence-corrected chi connectivity index (χ2v) is 8.01. The van der Waals surface area contributed by atoms with Crippen LogP contribution in [-0.4, -0.2) is 49.6 Å². The number of carbonyl (C=O) groups excluding carboxylic acids is 2. The molecule has 4 rings (SSSR count). The second kappa shape index (κ2) is 9.70. The second-order valence-electron chi connectivity index (χ2n) is 7.57. The number of hydrogen-bond donors (Lipinski definition) is 3. The van der Waals surface area contributed by atoms with Crippen molar-refractivity contribution in [1.82, 2.24) is 24.6 Å². The van der Waals surface area contributed by atoms with Crippen LogP contribution in [0.4, 0.5) is 23.1 Å². The van der Waals surface area contributed by atoms with E-state index in [1.54, 1.807) is 35.4 Å². The van der Waals surface area contributed by atoms with Crippen molar-refractivity contribution in [2.45, 2.75) is 18.9 Å². The zero-order chi connectivity index (χ0) is 23.4. The molecule has 170 valence electrons. The SMILES string of the molecule is C=CC(=O)N1CCC[C@@H](n2cc(Nc3ncc(C(N)=O)c(Nc4ccc(Cl)cc4)n3)cn2)C1. The van der Waals surface area contributed by atoms with Gasteiger partial charge in [-0.25, -0.2) is 4.98 Å². The number of aromatic nitrogens is 4. The highest BCUT2D eigenvalue weighted by Crippen LogP contribution is 2.25. The van der Waals surface area contributed by atoms with Crippen molar-refractivity contribution in [1.29, 1.82) is 0 Å². The van der Waals surface area contributed by atoms with Crippen molar-refractivity contribution < 1.29 is 9.59 Å². The first-order valence-electron chi connectivity index (χ1n) is 10.3. The third kappa shape index (κ3) is 5.29. The van der Waals surface area contributed by atoms with E-state index in [1.807, 2.05) is 10.9 Å². The maximum atomic E-state index is 11.9. The van der Waals surface area contributed by atoms with Crippen molar-refractivity contribution in [3.63, 3.8) is 0 Å². The molecule has 2 amide bonds. The summed E-state index contributed by atoms with van der Waals surface area (Å²) in [5.74, 6) is -0.195. The molecule has 1 aliphatic heterocycles. The Balaban J connectivity index is 1.50. The topological polar surface area (TPSA) is 131 Å². The number of nitrogens with zero attached hydrogens (tertiary/aromatic N) is 5. The normalized spacial score (nSPS) is 15.7. The molecule has 1 atom stereocenters. The van der Waals surface area contributed by atoms with Gasteiger partial charge in [-0.15, -0.1) is 0 Å². The summed E-state index contributed by atoms with van der Waals surface area (Å²) >= 11 is 5.93. The van der Waals surface area contributed by atoms with Crippen molar-refractivity contribution in [3.8, 4) is 0 Å². The minimum atomic E-state index is -0.651. The van der Waals surface area contributed by atoms with Crippen molar-refractivity contribution in [2.75, 3.05) is 23.7 Å². The molecule has 2 aromatic heterocycles. The summed E-state index contributed by atoms with van der Waals surface area (Å²) in [7, 11) is 0. The van der Waals surface area contributed by atoms with Crippen LogP contribution in [0.3, 0.4) is 0 Å². The van der Waals surface area contributed by atoms with Gasteiger partial charge in [0, 0.05) is 36.2 Å². The van der Waals surface area contributed by atoms with E-state index in [4.69, 9.17) is 17.3 Å². The van der Waals surface area contributed by atoms with E-state index in [1.165, 1.54) is 12.3 Å². The highest BCUT2D eigenvalue weighted by Gasteiger charge is 2.24. The van der Waals surface area contributed by atoms with Gasteiger partial charge in [-0.2, -0.15) is 10.1 Å². The number of benzene rings is 1. The van der Waals surface area contributed by atoms with Gasteiger partial charge in [0.2, 0.25) is 11.9 Å². The molecule has 1 fully saturated rings. The molecule has 11 heteroatoms. The molecular formula is C22H23ClN8O2. The zero-order valence-corrected chi connectivity index (χ0v) is 18.5. The van der Waals surface area contributed by atoms with E-state index in [2.05, 4.69) is 32.3 Å². The number of anilines is 4. The first kappa shape index (κ1) is 22.3. The van der Waals surface area contributed by atoms with E-state index >= 15 is 0 Å². The van der Waals surface area contributed by atoms with Gasteiger partial charge in [-0.05, 0) is 43.2 Å². The smallest absolute Gasteiger partial charge is 0.254 e. The fourth-order valence-corrected chi connectivity index (χ4v) is 3.74. The molecular weight excluding hydrogens is 444 g/mol. The van der Waals surface area contributed by atoms with E-state index in [-0.39, 0.29) is 29.3 Å². The molecule has 0 radical (unpaired) electrons. The highest BCUT2D eigenvalue weighted by atomic mass is 35.5. The summed E-state index contributed by atoms with van der Waals surface area (Å²) in [6.07, 6.45) is 8.00. The summed E-state index contributed by atoms with van der Waals surface area (Å²) in [5, 5.41) is 11.2. The lowest BCUT2D eigenvalue weighted by molar-refractivity contribution is -0.127. The molecule has 0 saturated carbocycles. The lowest BCUT2D eigenvalue weighted by atomic mass is 10.1. The van der Waals surface area contributed by atoms with Gasteiger partial charge in [-0.3, -0.25) is 14.3 Å². The predicted molar refractivity (Wildman–Crippen MR) is 126 cm³/mol. The molecule has 0 unspecified atom stereocenters. The number of nitrogens with one attached hydrogen (secondary N) is 2. The van der Waals surface area contributed by atoms with E-state index in [9.17, 15) is 9.59 Å². The average molecular weight is 467 g/mol. The van der Waals surface area contributed by atoms with Crippen molar-refractivity contribution in [2.24, 2.45) is 5.73 Å². The quantitative estimate of drug-likeness (QED) is 0.455. The zero-order valence-electron chi connectivity index (χ0n) is 17.7. The third-order valence-electron chi connectivity index (χ3n) is 5.28. The van der Waals surface area contributed by atoms with Gasteiger partial charge < -0.3 is 21.3 Å². The summed E-state index contributed by atoms with van der Waals surface area (Å²) < 4.78 is 1.83. The molecule has 0 bridgehead atoms. The van der Waals surface area contributed by atoms with Crippen LogP contribution in [-0.2, 0) is 4.79 Å². The molecule has 1 saturated heterocycles. The Morgan fingerprint density at radius 1 is 1.18 bits per heavy atom. The van der Waals surface area contributed by atoms with Crippen LogP contribution in [0.5, 0.6) is 0 Å². The number of rotatable bonds is 7. The van der Waals surface area contributed by atoms with Crippen LogP contribution in [0.2, 0.25) is 5.02 Å². The van der Waals surface area contributed by atoms with Gasteiger partial charge in [0.15, 0.2) is 0 Å². The minimum absolute atomic E-state index is 0.0680. The van der Waals surface area contributed by atoms with Gasteiger partial charge in [0.1, 0.15) is 11.4 Å². The molecule has 0 aliphatic carbocycles. The standard InChI is InChI=1S/C22H23ClN8O2/c1-2-19(32)30-9-3-4-17(13-30)31-12-16(10-26-31)28-22-25-11-18(20(24)33)21(29-22)27-15-7-5-14(23)6-8-15/h2,5-8,10-12,17H,1,3-4,9,13H2,(H2,24,33)(H2,25,27,28,29)/t17-/m1/s1. The number of hydrogen-bond acceptors (Lipinski definition) is 7. The Labute approximate surface area is 195 Å². The Bertz CT molecular complexity index is 1180. The Hall–Kier alpha value is -3.92. The summed E-state index contributed by atoms with van der Waals surface area (Å²) in [6, 6.07) is 7.03. The molecule has 1 aromatic carbocycles. The van der Waals surface area contributed by atoms with Crippen molar-refractivity contribution in [3.05, 3.63) is 66.1 Å². The lowest BCUT2D eigenvalue weighted by Crippen LogP contribution is -2.39. The number of primary amides is 1. The van der Waals surface area contributed by atoms with E-state index < -0.39 is 5.91 Å². The first-order valence-corrected chi connectivity index (χ1v) is 10.7. The number of amides is 2. The van der Waals surface area contributed by atoms with Gasteiger partial charge in [0.05, 0.1) is 17.9 Å². The van der Waals surface area contributed by atoms with E-state index in [0.717, 1.165) is 19.4 Å². The van der Waals surface area contributed by atoms with Crippen LogP contribution in [0, 0.1) is 0 Å². The molecule has 3 aromatic rings. The molecule has 1 aliphatic rings. The maximum Gasteiger partial charge on any atom is 0.254 e. The molecule has 10 nitrogen and oxygen atoms in total. The largest absolute Gasteiger partial charge is 0.365 e. The fourth-order valence-electron chi connectivity index (χ4n) is 3.62. The molecule has 4 N–H and O–H groups in total. The Morgan fingerprint density at radius 3 is 2.70 bits per heavy atom. The summed E-state index contributed by atoms with van der Waals surface area (Å²) in [4.78, 5) is 34.1. The van der Waals surface area contributed by atoms with Crippen molar-refractivity contribution >= 4 is 46.6 Å². The fraction of sp³-hybridized carbons (Fsp3) is 0.227. The number of halogens is 1. The minimum Gasteiger partial charge on any atom is -0.365 e. The predicted octanol–water partition coefficient (Wildman–Crippen LogP) is 3.26. The highest BCUT2D eigenvalue weighted by molar-refractivity contribution is 6.30. The van der Waals surface area contributed by atoms with Gasteiger partial charge >= 0.3 is 0 Å². The average Bonchev–Trinajstić information content (AvgIpc) is 3.28. The number of piperidine rings is 1. The number of nitrogens with two attached hydrogens (primary N) is 1. The van der Waals surface area contributed by atoms with Crippen LogP contribution in [0.1, 0.15) is 29.2 Å². The third-order valence-corrected chi connectivity index (χ3v) is 5.53. The van der Waals surface area contributed by atoms with Crippen LogP contribution in [0.25, 0.3) is 0 Å². The van der Waals surface area contributed by atoms with E-state index in [0.29, 0.717) is 22.9 Å². The molecule has 33 heavy (non-hydrogen) atoms. The van der Waals surface area contributed by atoms with Gasteiger partial charge in [-0.1, -0.05) is 18.2 Å². The monoisotopic (exact) mass is 466 g/mol. The lowest BCUT2D eigenvalue weighted by Gasteiger charge is -2.32. The summed E-state index contributed by atoms with van der Waals surface area (Å²) in [5.41, 5.74) is 6.99. The first-order chi connectivity index (χ1) is 15.9. The Morgan fingerprint density at radius 2 is 1.97 bits per heavy atom. The van der Waals surface area contributed by atoms with Crippen LogP contribution in [0.15, 0.2) is 55.5 Å². The maximum absolute atomic E-state index is 11.9. The van der Waals surface area contributed by atoms with Crippen LogP contribution < -0.4 is 16.4 Å². The molecule has 3 heterocycles. The van der Waals surface area contributed by atoms with Gasteiger partial charge in [0.25, 0.3) is 5.91 Å².